The van der Waals surface area contributed by atoms with Gasteiger partial charge in [0, 0.05) is 11.4 Å². The van der Waals surface area contributed by atoms with E-state index in [9.17, 15) is 0 Å². The van der Waals surface area contributed by atoms with Crippen molar-refractivity contribution in [2.45, 2.75) is 178 Å². The molecule has 7 nitrogen and oxygen atoms in total. The fourth-order valence-electron chi connectivity index (χ4n) is 9.61. The number of carbonyl (C=O) groups is 2. The molecule has 3 aliphatic heterocycles. The van der Waals surface area contributed by atoms with Gasteiger partial charge >= 0.3 is 14.2 Å². The molecule has 8 rings (SSSR count). The summed E-state index contributed by atoms with van der Waals surface area (Å²) in [6, 6.07) is 13.3. The molecule has 0 saturated carbocycles. The first-order valence-corrected chi connectivity index (χ1v) is 22.6. The third-order valence-electron chi connectivity index (χ3n) is 14.8. The Bertz CT molecular complexity index is 2380. The summed E-state index contributed by atoms with van der Waals surface area (Å²) in [6.07, 6.45) is 4.62. The molecule has 9 heteroatoms. The molecule has 0 radical (unpaired) electrons. The van der Waals surface area contributed by atoms with Crippen molar-refractivity contribution in [2.24, 2.45) is 10.8 Å². The molecule has 3 aliphatic rings. The van der Waals surface area contributed by atoms with Crippen molar-refractivity contribution in [2.75, 3.05) is 0 Å². The second kappa shape index (κ2) is 14.0. The highest BCUT2D eigenvalue weighted by Crippen LogP contribution is 2.48. The Balaban J connectivity index is 1.54. The fraction of sp³-hybridized carbons (Fsp3) is 0.569. The molecule has 0 N–H and O–H groups in total. The van der Waals surface area contributed by atoms with E-state index in [2.05, 4.69) is 147 Å². The first-order chi connectivity index (χ1) is 27.7. The summed E-state index contributed by atoms with van der Waals surface area (Å²) in [5.74, 6) is -0.327. The molecule has 5 aromatic carbocycles. The molecule has 0 bridgehead atoms. The van der Waals surface area contributed by atoms with Gasteiger partial charge < -0.3 is 18.6 Å². The number of rotatable bonds is 9. The molecule has 60 heavy (non-hydrogen) atoms. The van der Waals surface area contributed by atoms with E-state index in [-0.39, 0.29) is 28.7 Å². The van der Waals surface area contributed by atoms with Crippen LogP contribution in [0.15, 0.2) is 36.4 Å². The highest BCUT2D eigenvalue weighted by molar-refractivity contribution is 6.64. The summed E-state index contributed by atoms with van der Waals surface area (Å²) in [7, 11) is -1.19. The molecule has 2 amide bonds. The molecular formula is C51H67B2NO6. The third-order valence-corrected chi connectivity index (χ3v) is 14.8. The lowest BCUT2D eigenvalue weighted by Gasteiger charge is -2.36. The number of nitrogens with zero attached hydrogens (tertiary/aromatic N) is 1. The van der Waals surface area contributed by atoms with Crippen molar-refractivity contribution in [3.8, 4) is 0 Å². The Morgan fingerprint density at radius 2 is 0.883 bits per heavy atom. The van der Waals surface area contributed by atoms with Gasteiger partial charge in [-0.15, -0.1) is 0 Å². The second-order valence-corrected chi connectivity index (χ2v) is 22.6. The Hall–Kier alpha value is -3.49. The Labute approximate surface area is 359 Å². The number of aryl methyl sites for hydroxylation is 2. The molecule has 2 fully saturated rings. The monoisotopic (exact) mass is 812 g/mol. The van der Waals surface area contributed by atoms with Crippen molar-refractivity contribution in [1.82, 2.24) is 4.90 Å². The van der Waals surface area contributed by atoms with Crippen molar-refractivity contribution in [3.63, 3.8) is 0 Å². The average Bonchev–Trinajstić information content (AvgIpc) is 3.50. The van der Waals surface area contributed by atoms with Crippen molar-refractivity contribution in [1.29, 1.82) is 0 Å². The maximum Gasteiger partial charge on any atom is 0.494 e. The lowest BCUT2D eigenvalue weighted by atomic mass is 9.72. The molecule has 0 spiro atoms. The number of hydrogen-bond acceptors (Lipinski definition) is 6. The van der Waals surface area contributed by atoms with Crippen molar-refractivity contribution in [3.05, 3.63) is 58.7 Å². The minimum atomic E-state index is -0.595. The van der Waals surface area contributed by atoms with Crippen LogP contribution in [0.3, 0.4) is 0 Å². The van der Waals surface area contributed by atoms with Gasteiger partial charge in [-0.05, 0) is 177 Å². The standard InChI is InChI=1S/C51H67B2NO6/c1-17-34(18-2)54-44(55)40-29(19-21-46(3,4)5)25-35-37-27-32(52-57-48(9,10)49(11,12)58-52)23-31-24-33(53-59-50(13,14)51(15,16)60-53)28-38(39(31)37)36-26-30(20-22-47(6,7)8)41(45(54)56)43(40)42(35)36/h23-28,34H,17-22H2,1-16H3. The number of fused-ring (bicyclic) bond motifs is 2. The molecule has 0 aromatic heterocycles. The van der Waals surface area contributed by atoms with E-state index in [1.165, 1.54) is 0 Å². The number of benzene rings is 5. The highest BCUT2D eigenvalue weighted by atomic mass is 16.7. The summed E-state index contributed by atoms with van der Waals surface area (Å²) in [5, 5.41) is 8.16. The Kier molecular flexibility index (Phi) is 10.1. The second-order valence-electron chi connectivity index (χ2n) is 22.6. The van der Waals surface area contributed by atoms with E-state index < -0.39 is 36.6 Å². The molecular weight excluding hydrogens is 744 g/mol. The van der Waals surface area contributed by atoms with Crippen LogP contribution < -0.4 is 10.9 Å². The molecule has 3 heterocycles. The summed E-state index contributed by atoms with van der Waals surface area (Å²) >= 11 is 0. The van der Waals surface area contributed by atoms with Crippen molar-refractivity contribution >= 4 is 80.1 Å². The van der Waals surface area contributed by atoms with E-state index in [1.54, 1.807) is 4.90 Å². The predicted octanol–water partition coefficient (Wildman–Crippen LogP) is 11.1. The van der Waals surface area contributed by atoms with Crippen LogP contribution in [0.4, 0.5) is 0 Å². The van der Waals surface area contributed by atoms with Gasteiger partial charge in [-0.1, -0.05) is 79.7 Å². The van der Waals surface area contributed by atoms with Gasteiger partial charge in [0.25, 0.3) is 11.8 Å². The summed E-state index contributed by atoms with van der Waals surface area (Å²) < 4.78 is 26.9. The molecule has 2 saturated heterocycles. The largest absolute Gasteiger partial charge is 0.494 e. The van der Waals surface area contributed by atoms with Crippen LogP contribution in [0, 0.1) is 10.8 Å². The minimum Gasteiger partial charge on any atom is -0.399 e. The molecule has 0 aliphatic carbocycles. The molecule has 318 valence electrons. The van der Waals surface area contributed by atoms with Gasteiger partial charge in [-0.2, -0.15) is 0 Å². The summed E-state index contributed by atoms with van der Waals surface area (Å²) in [6.45, 7) is 34.4. The van der Waals surface area contributed by atoms with E-state index in [1.807, 2.05) is 0 Å². The number of carbonyl (C=O) groups excluding carboxylic acids is 2. The van der Waals surface area contributed by atoms with Crippen LogP contribution in [-0.2, 0) is 31.5 Å². The van der Waals surface area contributed by atoms with Crippen LogP contribution in [0.5, 0.6) is 0 Å². The van der Waals surface area contributed by atoms with Crippen LogP contribution in [0.2, 0.25) is 0 Å². The zero-order valence-electron chi connectivity index (χ0n) is 39.3. The Morgan fingerprint density at radius 3 is 1.22 bits per heavy atom. The fourth-order valence-corrected chi connectivity index (χ4v) is 9.61. The SMILES string of the molecule is CCC(CC)N1C(=O)c2c(CCC(C)(C)C)cc3c4cc(B5OC(C)(C)C(C)(C)O5)cc5cc(B6OC(C)(C)C(C)(C)O6)cc(c6cc(CCC(C)(C)C)c(c2c36)C1=O)c54. The lowest BCUT2D eigenvalue weighted by Crippen LogP contribution is -2.47. The van der Waals surface area contributed by atoms with E-state index in [0.717, 1.165) is 78.0 Å². The van der Waals surface area contributed by atoms with Gasteiger partial charge in [0.05, 0.1) is 33.5 Å². The van der Waals surface area contributed by atoms with Gasteiger partial charge in [0.1, 0.15) is 0 Å². The Morgan fingerprint density at radius 1 is 0.533 bits per heavy atom. The highest BCUT2D eigenvalue weighted by Gasteiger charge is 2.53. The normalized spacial score (nSPS) is 20.1. The van der Waals surface area contributed by atoms with Crippen LogP contribution in [0.25, 0.3) is 43.1 Å². The van der Waals surface area contributed by atoms with Crippen LogP contribution in [-0.4, -0.2) is 59.4 Å². The van der Waals surface area contributed by atoms with Gasteiger partial charge in [0.15, 0.2) is 0 Å². The number of hydrogen-bond donors (Lipinski definition) is 0. The first kappa shape index (κ1) is 43.2. The van der Waals surface area contributed by atoms with Gasteiger partial charge in [-0.25, -0.2) is 0 Å². The number of amides is 2. The zero-order valence-corrected chi connectivity index (χ0v) is 39.3. The maximum absolute atomic E-state index is 15.3. The first-order valence-electron chi connectivity index (χ1n) is 22.6. The van der Waals surface area contributed by atoms with Gasteiger partial charge in [0.2, 0.25) is 0 Å². The average molecular weight is 812 g/mol. The number of imide groups is 1. The zero-order chi connectivity index (χ0) is 43.9. The maximum atomic E-state index is 15.3. The molecule has 0 atom stereocenters. The molecule has 5 aromatic rings. The van der Waals surface area contributed by atoms with Crippen LogP contribution >= 0.6 is 0 Å². The van der Waals surface area contributed by atoms with E-state index in [4.69, 9.17) is 18.6 Å². The minimum absolute atomic E-state index is 0.0322. The summed E-state index contributed by atoms with van der Waals surface area (Å²) in [4.78, 5) is 32.1. The molecule has 0 unspecified atom stereocenters. The van der Waals surface area contributed by atoms with Gasteiger partial charge in [-0.3, -0.25) is 14.5 Å². The lowest BCUT2D eigenvalue weighted by molar-refractivity contribution is 0.00578. The van der Waals surface area contributed by atoms with E-state index >= 15 is 9.59 Å². The third kappa shape index (κ3) is 6.89. The predicted molar refractivity (Wildman–Crippen MR) is 250 cm³/mol. The summed E-state index contributed by atoms with van der Waals surface area (Å²) in [5.41, 5.74) is 3.20. The quantitative estimate of drug-likeness (QED) is 0.0639. The van der Waals surface area contributed by atoms with Crippen molar-refractivity contribution < 1.29 is 28.2 Å². The topological polar surface area (TPSA) is 74.3 Å². The smallest absolute Gasteiger partial charge is 0.399 e. The van der Waals surface area contributed by atoms with E-state index in [0.29, 0.717) is 36.8 Å². The van der Waals surface area contributed by atoms with Crippen LogP contribution in [0.1, 0.15) is 168 Å².